The van der Waals surface area contributed by atoms with Crippen LogP contribution in [0.5, 0.6) is 5.75 Å². The molecule has 1 fully saturated rings. The van der Waals surface area contributed by atoms with E-state index in [1.807, 2.05) is 0 Å². The Balaban J connectivity index is 2.10. The van der Waals surface area contributed by atoms with E-state index in [2.05, 4.69) is 36.7 Å². The van der Waals surface area contributed by atoms with Crippen molar-refractivity contribution in [2.45, 2.75) is 46.1 Å². The number of ether oxygens (including phenoxy) is 1. The predicted octanol–water partition coefficient (Wildman–Crippen LogP) is 4.74. The van der Waals surface area contributed by atoms with Crippen molar-refractivity contribution in [2.24, 2.45) is 11.3 Å². The van der Waals surface area contributed by atoms with Crippen LogP contribution in [0, 0.1) is 11.3 Å². The summed E-state index contributed by atoms with van der Waals surface area (Å²) in [6.45, 7) is 6.83. The van der Waals surface area contributed by atoms with Gasteiger partial charge in [0.15, 0.2) is 0 Å². The van der Waals surface area contributed by atoms with E-state index in [1.165, 1.54) is 6.42 Å². The van der Waals surface area contributed by atoms with Gasteiger partial charge in [0.05, 0.1) is 11.7 Å². The minimum absolute atomic E-state index is 0.205. The van der Waals surface area contributed by atoms with Gasteiger partial charge in [0.25, 0.3) is 0 Å². The fourth-order valence-electron chi connectivity index (χ4n) is 3.28. The lowest BCUT2D eigenvalue weighted by molar-refractivity contribution is 0.0562. The summed E-state index contributed by atoms with van der Waals surface area (Å²) in [6.07, 6.45) is 3.53. The number of hydrogen-bond acceptors (Lipinski definition) is 2. The molecule has 2 rings (SSSR count). The molecular formula is C16H21BrO3. The number of hydrogen-bond donors (Lipinski definition) is 1. The molecule has 0 aliphatic heterocycles. The summed E-state index contributed by atoms with van der Waals surface area (Å²) in [7, 11) is 0. The number of aromatic carboxylic acids is 1. The lowest BCUT2D eigenvalue weighted by Gasteiger charge is -2.38. The molecule has 2 unspecified atom stereocenters. The van der Waals surface area contributed by atoms with Crippen LogP contribution >= 0.6 is 15.9 Å². The Hall–Kier alpha value is -1.03. The van der Waals surface area contributed by atoms with Crippen molar-refractivity contribution in [3.63, 3.8) is 0 Å². The highest BCUT2D eigenvalue weighted by Crippen LogP contribution is 2.40. The van der Waals surface area contributed by atoms with Gasteiger partial charge in [-0.15, -0.1) is 0 Å². The third-order valence-corrected chi connectivity index (χ3v) is 4.48. The number of carbonyl (C=O) groups is 1. The molecule has 0 heterocycles. The molecule has 1 aliphatic rings. The maximum Gasteiger partial charge on any atom is 0.336 e. The van der Waals surface area contributed by atoms with Crippen LogP contribution in [0.25, 0.3) is 0 Å². The molecule has 0 aromatic heterocycles. The van der Waals surface area contributed by atoms with Crippen LogP contribution < -0.4 is 4.74 Å². The topological polar surface area (TPSA) is 46.5 Å². The number of carboxylic acid groups (broad SMARTS) is 1. The average Bonchev–Trinajstić information content (AvgIpc) is 2.25. The van der Waals surface area contributed by atoms with E-state index in [0.29, 0.717) is 15.8 Å². The molecule has 110 valence electrons. The molecule has 2 atom stereocenters. The minimum atomic E-state index is -0.934. The van der Waals surface area contributed by atoms with Crippen molar-refractivity contribution in [1.29, 1.82) is 0 Å². The fourth-order valence-corrected chi connectivity index (χ4v) is 3.81. The maximum absolute atomic E-state index is 11.0. The number of carboxylic acids is 1. The van der Waals surface area contributed by atoms with Crippen LogP contribution in [-0.4, -0.2) is 17.2 Å². The van der Waals surface area contributed by atoms with E-state index in [1.54, 1.807) is 18.2 Å². The largest absolute Gasteiger partial charge is 0.490 e. The van der Waals surface area contributed by atoms with Gasteiger partial charge in [-0.05, 0) is 64.7 Å². The van der Waals surface area contributed by atoms with Crippen LogP contribution in [0.1, 0.15) is 50.4 Å². The predicted molar refractivity (Wildman–Crippen MR) is 82.3 cm³/mol. The summed E-state index contributed by atoms with van der Waals surface area (Å²) in [4.78, 5) is 11.0. The lowest BCUT2D eigenvalue weighted by Crippen LogP contribution is -2.34. The maximum atomic E-state index is 11.0. The fraction of sp³-hybridized carbons (Fsp3) is 0.562. The number of benzene rings is 1. The van der Waals surface area contributed by atoms with Crippen LogP contribution in [0.15, 0.2) is 22.7 Å². The molecule has 0 radical (unpaired) electrons. The highest BCUT2D eigenvalue weighted by molar-refractivity contribution is 9.10. The molecule has 0 bridgehead atoms. The van der Waals surface area contributed by atoms with Crippen LogP contribution in [0.4, 0.5) is 0 Å². The molecule has 20 heavy (non-hydrogen) atoms. The second kappa shape index (κ2) is 5.76. The van der Waals surface area contributed by atoms with Crippen LogP contribution in [0.2, 0.25) is 0 Å². The molecular weight excluding hydrogens is 320 g/mol. The number of rotatable bonds is 3. The van der Waals surface area contributed by atoms with Gasteiger partial charge in [0, 0.05) is 4.47 Å². The Kier molecular flexibility index (Phi) is 4.43. The van der Waals surface area contributed by atoms with Crippen molar-refractivity contribution in [1.82, 2.24) is 0 Å². The molecule has 3 nitrogen and oxygen atoms in total. The van der Waals surface area contributed by atoms with Crippen LogP contribution in [0.3, 0.4) is 0 Å². The second-order valence-electron chi connectivity index (χ2n) is 6.60. The van der Waals surface area contributed by atoms with Gasteiger partial charge in [0.1, 0.15) is 5.75 Å². The van der Waals surface area contributed by atoms with E-state index >= 15 is 0 Å². The molecule has 0 spiro atoms. The normalized spacial score (nSPS) is 25.2. The molecule has 0 amide bonds. The Bertz CT molecular complexity index is 510. The van der Waals surface area contributed by atoms with Gasteiger partial charge in [-0.3, -0.25) is 0 Å². The van der Waals surface area contributed by atoms with Gasteiger partial charge in [0.2, 0.25) is 0 Å². The standard InChI is InChI=1S/C16H21BrO3/c1-10-6-12(9-16(2,3)8-10)20-11-4-5-13(15(18)19)14(17)7-11/h4-5,7,10,12H,6,8-9H2,1-3H3,(H,18,19). The molecule has 1 N–H and O–H groups in total. The Morgan fingerprint density at radius 1 is 1.40 bits per heavy atom. The average molecular weight is 341 g/mol. The molecule has 4 heteroatoms. The van der Waals surface area contributed by atoms with E-state index in [-0.39, 0.29) is 11.7 Å². The van der Waals surface area contributed by atoms with Crippen molar-refractivity contribution in [2.75, 3.05) is 0 Å². The third-order valence-electron chi connectivity index (χ3n) is 3.82. The summed E-state index contributed by atoms with van der Waals surface area (Å²) >= 11 is 3.29. The molecule has 1 aromatic carbocycles. The summed E-state index contributed by atoms with van der Waals surface area (Å²) in [5, 5.41) is 9.01. The van der Waals surface area contributed by atoms with Crippen LogP contribution in [-0.2, 0) is 0 Å². The molecule has 0 saturated heterocycles. The summed E-state index contributed by atoms with van der Waals surface area (Å²) in [6, 6.07) is 5.06. The third kappa shape index (κ3) is 3.75. The van der Waals surface area contributed by atoms with E-state index in [0.717, 1.165) is 18.6 Å². The second-order valence-corrected chi connectivity index (χ2v) is 7.45. The zero-order chi connectivity index (χ0) is 14.9. The lowest BCUT2D eigenvalue weighted by atomic mass is 9.71. The van der Waals surface area contributed by atoms with Crippen molar-refractivity contribution >= 4 is 21.9 Å². The first-order valence-electron chi connectivity index (χ1n) is 6.96. The van der Waals surface area contributed by atoms with Crippen molar-refractivity contribution < 1.29 is 14.6 Å². The molecule has 1 aromatic rings. The van der Waals surface area contributed by atoms with Gasteiger partial charge in [-0.2, -0.15) is 0 Å². The quantitative estimate of drug-likeness (QED) is 0.864. The highest BCUT2D eigenvalue weighted by atomic mass is 79.9. The Labute approximate surface area is 128 Å². The Morgan fingerprint density at radius 2 is 2.10 bits per heavy atom. The first-order chi connectivity index (χ1) is 9.27. The van der Waals surface area contributed by atoms with Gasteiger partial charge in [-0.25, -0.2) is 4.79 Å². The smallest absolute Gasteiger partial charge is 0.336 e. The zero-order valence-electron chi connectivity index (χ0n) is 12.1. The first-order valence-corrected chi connectivity index (χ1v) is 7.76. The zero-order valence-corrected chi connectivity index (χ0v) is 13.7. The SMILES string of the molecule is CC1CC(Oc2ccc(C(=O)O)c(Br)c2)CC(C)(C)C1. The summed E-state index contributed by atoms with van der Waals surface area (Å²) in [5.41, 5.74) is 0.565. The Morgan fingerprint density at radius 3 is 2.65 bits per heavy atom. The highest BCUT2D eigenvalue weighted by Gasteiger charge is 2.33. The van der Waals surface area contributed by atoms with Crippen molar-refractivity contribution in [3.8, 4) is 5.75 Å². The first kappa shape index (κ1) is 15.4. The van der Waals surface area contributed by atoms with Gasteiger partial charge in [-0.1, -0.05) is 20.8 Å². The van der Waals surface area contributed by atoms with Gasteiger partial charge < -0.3 is 9.84 Å². The number of halogens is 1. The minimum Gasteiger partial charge on any atom is -0.490 e. The van der Waals surface area contributed by atoms with E-state index < -0.39 is 5.97 Å². The molecule has 1 aliphatic carbocycles. The summed E-state index contributed by atoms with van der Waals surface area (Å²) in [5.74, 6) is 0.457. The van der Waals surface area contributed by atoms with Gasteiger partial charge >= 0.3 is 5.97 Å². The van der Waals surface area contributed by atoms with E-state index in [4.69, 9.17) is 9.84 Å². The monoisotopic (exact) mass is 340 g/mol. The summed E-state index contributed by atoms with van der Waals surface area (Å²) < 4.78 is 6.61. The van der Waals surface area contributed by atoms with Crippen molar-refractivity contribution in [3.05, 3.63) is 28.2 Å². The van der Waals surface area contributed by atoms with E-state index in [9.17, 15) is 4.79 Å². The molecule has 1 saturated carbocycles.